The number of amides is 2. The quantitative estimate of drug-likeness (QED) is 0.850. The van der Waals surface area contributed by atoms with Gasteiger partial charge in [-0.3, -0.25) is 0 Å². The van der Waals surface area contributed by atoms with Crippen molar-refractivity contribution in [2.75, 3.05) is 7.05 Å². The number of nitrogens with one attached hydrogen (secondary N) is 1. The van der Waals surface area contributed by atoms with Gasteiger partial charge in [-0.15, -0.1) is 0 Å². The Morgan fingerprint density at radius 3 is 2.44 bits per heavy atom. The molecule has 0 spiro atoms. The number of carboxylic acids is 1. The summed E-state index contributed by atoms with van der Waals surface area (Å²) in [6.45, 7) is 0. The fraction of sp³-hybridized carbons (Fsp3) is 0.385. The number of urea groups is 1. The number of carboxylic acid groups (broad SMARTS) is 1. The van der Waals surface area contributed by atoms with Gasteiger partial charge in [0.1, 0.15) is 0 Å². The molecule has 0 bridgehead atoms. The number of aliphatic carboxylic acids is 1. The molecule has 18 heavy (non-hydrogen) atoms. The molecule has 0 unspecified atom stereocenters. The van der Waals surface area contributed by atoms with Crippen LogP contribution in [0.2, 0.25) is 0 Å². The minimum atomic E-state index is -1.06. The van der Waals surface area contributed by atoms with E-state index in [-0.39, 0.29) is 12.1 Å². The summed E-state index contributed by atoms with van der Waals surface area (Å²) in [5.41, 5.74) is 0.572. The van der Waals surface area contributed by atoms with Crippen LogP contribution in [-0.2, 0) is 4.79 Å². The summed E-state index contributed by atoms with van der Waals surface area (Å²) in [6, 6.07) is 7.61. The van der Waals surface area contributed by atoms with Crippen LogP contribution in [0.4, 0.5) is 4.79 Å². The minimum absolute atomic E-state index is 0.259. The Labute approximate surface area is 105 Å². The second-order valence-electron chi connectivity index (χ2n) is 4.47. The smallest absolute Gasteiger partial charge is 0.330 e. The Balaban J connectivity index is 2.07. The summed E-state index contributed by atoms with van der Waals surface area (Å²) < 4.78 is 0. The van der Waals surface area contributed by atoms with Crippen LogP contribution in [0.25, 0.3) is 0 Å². The van der Waals surface area contributed by atoms with Gasteiger partial charge in [0, 0.05) is 13.1 Å². The highest BCUT2D eigenvalue weighted by atomic mass is 16.4. The normalized spacial score (nSPS) is 15.8. The predicted octanol–water partition coefficient (Wildman–Crippen LogP) is 1.62. The van der Waals surface area contributed by atoms with Crippen LogP contribution in [0.3, 0.4) is 0 Å². The van der Waals surface area contributed by atoms with Gasteiger partial charge in [-0.2, -0.15) is 0 Å². The van der Waals surface area contributed by atoms with Crippen molar-refractivity contribution in [2.45, 2.75) is 24.9 Å². The van der Waals surface area contributed by atoms with Gasteiger partial charge < -0.3 is 15.3 Å². The van der Waals surface area contributed by atoms with Crippen LogP contribution in [0.1, 0.15) is 24.4 Å². The average Bonchev–Trinajstić information content (AvgIpc) is 3.19. The first-order valence-corrected chi connectivity index (χ1v) is 5.90. The molecule has 0 heterocycles. The van der Waals surface area contributed by atoms with Gasteiger partial charge in [-0.05, 0) is 18.4 Å². The standard InChI is InChI=1S/C13H16N2O3/c1-15(10-7-8-10)13(18)14-11(12(16)17)9-5-3-2-4-6-9/h2-6,10-11H,7-8H2,1H3,(H,14,18)(H,16,17)/t11-/m0/s1. The van der Waals surface area contributed by atoms with Crippen LogP contribution < -0.4 is 5.32 Å². The number of hydrogen-bond acceptors (Lipinski definition) is 2. The third kappa shape index (κ3) is 2.80. The highest BCUT2D eigenvalue weighted by Gasteiger charge is 2.31. The second kappa shape index (κ2) is 5.08. The van der Waals surface area contributed by atoms with Crippen molar-refractivity contribution in [2.24, 2.45) is 0 Å². The molecule has 1 atom stereocenters. The highest BCUT2D eigenvalue weighted by Crippen LogP contribution is 2.25. The molecule has 5 nitrogen and oxygen atoms in total. The SMILES string of the molecule is CN(C(=O)N[C@H](C(=O)O)c1ccccc1)C1CC1. The van der Waals surface area contributed by atoms with Gasteiger partial charge >= 0.3 is 12.0 Å². The van der Waals surface area contributed by atoms with Crippen LogP contribution in [-0.4, -0.2) is 35.1 Å². The number of rotatable bonds is 4. The van der Waals surface area contributed by atoms with Gasteiger partial charge in [-0.25, -0.2) is 9.59 Å². The molecule has 5 heteroatoms. The number of carbonyl (C=O) groups excluding carboxylic acids is 1. The lowest BCUT2D eigenvalue weighted by molar-refractivity contribution is -0.139. The van der Waals surface area contributed by atoms with Crippen molar-refractivity contribution in [3.05, 3.63) is 35.9 Å². The molecule has 0 aromatic heterocycles. The summed E-state index contributed by atoms with van der Waals surface area (Å²) in [5.74, 6) is -1.06. The third-order valence-corrected chi connectivity index (χ3v) is 3.06. The van der Waals surface area contributed by atoms with Crippen molar-refractivity contribution in [1.82, 2.24) is 10.2 Å². The lowest BCUT2D eigenvalue weighted by Crippen LogP contribution is -2.42. The Kier molecular flexibility index (Phi) is 3.50. The Hall–Kier alpha value is -2.04. The van der Waals surface area contributed by atoms with Crippen molar-refractivity contribution in [3.63, 3.8) is 0 Å². The number of nitrogens with zero attached hydrogens (tertiary/aromatic N) is 1. The first kappa shape index (κ1) is 12.4. The van der Waals surface area contributed by atoms with E-state index in [1.165, 1.54) is 0 Å². The molecule has 2 amide bonds. The Morgan fingerprint density at radius 2 is 1.94 bits per heavy atom. The van der Waals surface area contributed by atoms with Crippen molar-refractivity contribution >= 4 is 12.0 Å². The Morgan fingerprint density at radius 1 is 1.33 bits per heavy atom. The average molecular weight is 248 g/mol. The largest absolute Gasteiger partial charge is 0.479 e. The molecular formula is C13H16N2O3. The molecule has 1 aromatic rings. The molecular weight excluding hydrogens is 232 g/mol. The van der Waals surface area contributed by atoms with Crippen molar-refractivity contribution < 1.29 is 14.7 Å². The van der Waals surface area contributed by atoms with Crippen LogP contribution >= 0.6 is 0 Å². The van der Waals surface area contributed by atoms with Gasteiger partial charge in [0.15, 0.2) is 6.04 Å². The zero-order chi connectivity index (χ0) is 13.1. The summed E-state index contributed by atoms with van der Waals surface area (Å²) in [6.07, 6.45) is 1.99. The van der Waals surface area contributed by atoms with E-state index >= 15 is 0 Å². The molecule has 1 aliphatic rings. The molecule has 1 aliphatic carbocycles. The third-order valence-electron chi connectivity index (χ3n) is 3.06. The van der Waals surface area contributed by atoms with E-state index in [0.29, 0.717) is 5.56 Å². The predicted molar refractivity (Wildman–Crippen MR) is 66.1 cm³/mol. The van der Waals surface area contributed by atoms with E-state index in [1.54, 1.807) is 42.3 Å². The first-order valence-electron chi connectivity index (χ1n) is 5.90. The van der Waals surface area contributed by atoms with E-state index in [1.807, 2.05) is 0 Å². The van der Waals surface area contributed by atoms with Gasteiger partial charge in [-0.1, -0.05) is 30.3 Å². The van der Waals surface area contributed by atoms with E-state index in [4.69, 9.17) is 0 Å². The van der Waals surface area contributed by atoms with Crippen molar-refractivity contribution in [1.29, 1.82) is 0 Å². The second-order valence-corrected chi connectivity index (χ2v) is 4.47. The fourth-order valence-electron chi connectivity index (χ4n) is 1.79. The summed E-state index contributed by atoms with van der Waals surface area (Å²) in [7, 11) is 1.69. The number of hydrogen-bond donors (Lipinski definition) is 2. The highest BCUT2D eigenvalue weighted by molar-refractivity contribution is 5.83. The van der Waals surface area contributed by atoms with Gasteiger partial charge in [0.05, 0.1) is 0 Å². The van der Waals surface area contributed by atoms with Crippen LogP contribution in [0.15, 0.2) is 30.3 Å². The van der Waals surface area contributed by atoms with E-state index in [9.17, 15) is 14.7 Å². The molecule has 1 aromatic carbocycles. The van der Waals surface area contributed by atoms with E-state index < -0.39 is 12.0 Å². The molecule has 1 saturated carbocycles. The van der Waals surface area contributed by atoms with E-state index in [2.05, 4.69) is 5.32 Å². The maximum absolute atomic E-state index is 11.9. The summed E-state index contributed by atoms with van der Waals surface area (Å²) >= 11 is 0. The molecule has 1 fully saturated rings. The molecule has 2 N–H and O–H groups in total. The minimum Gasteiger partial charge on any atom is -0.479 e. The number of carbonyl (C=O) groups is 2. The molecule has 0 aliphatic heterocycles. The lowest BCUT2D eigenvalue weighted by Gasteiger charge is -2.21. The first-order chi connectivity index (χ1) is 8.59. The molecule has 0 radical (unpaired) electrons. The molecule has 96 valence electrons. The zero-order valence-electron chi connectivity index (χ0n) is 10.2. The van der Waals surface area contributed by atoms with Gasteiger partial charge in [0.2, 0.25) is 0 Å². The van der Waals surface area contributed by atoms with E-state index in [0.717, 1.165) is 12.8 Å². The topological polar surface area (TPSA) is 69.6 Å². The zero-order valence-corrected chi connectivity index (χ0v) is 10.2. The Bertz CT molecular complexity index is 443. The monoisotopic (exact) mass is 248 g/mol. The molecule has 0 saturated heterocycles. The summed E-state index contributed by atoms with van der Waals surface area (Å²) in [5, 5.41) is 11.7. The van der Waals surface area contributed by atoms with Crippen molar-refractivity contribution in [3.8, 4) is 0 Å². The number of benzene rings is 1. The van der Waals surface area contributed by atoms with Crippen LogP contribution in [0.5, 0.6) is 0 Å². The van der Waals surface area contributed by atoms with Gasteiger partial charge in [0.25, 0.3) is 0 Å². The molecule has 2 rings (SSSR count). The fourth-order valence-corrected chi connectivity index (χ4v) is 1.79. The maximum Gasteiger partial charge on any atom is 0.330 e. The maximum atomic E-state index is 11.9. The lowest BCUT2D eigenvalue weighted by atomic mass is 10.1. The van der Waals surface area contributed by atoms with Crippen LogP contribution in [0, 0.1) is 0 Å². The summed E-state index contributed by atoms with van der Waals surface area (Å²) in [4.78, 5) is 24.6.